The lowest BCUT2D eigenvalue weighted by Crippen LogP contribution is -2.18. The second kappa shape index (κ2) is 5.28. The van der Waals surface area contributed by atoms with Gasteiger partial charge in [0.15, 0.2) is 0 Å². The minimum Gasteiger partial charge on any atom is -0.375 e. The van der Waals surface area contributed by atoms with Gasteiger partial charge in [-0.15, -0.1) is 0 Å². The van der Waals surface area contributed by atoms with Crippen LogP contribution < -0.4 is 4.90 Å². The Hall–Kier alpha value is -0.500. The van der Waals surface area contributed by atoms with Crippen molar-refractivity contribution in [3.63, 3.8) is 0 Å². The summed E-state index contributed by atoms with van der Waals surface area (Å²) in [6, 6.07) is 8.60. The van der Waals surface area contributed by atoms with Crippen LogP contribution in [0.2, 0.25) is 0 Å². The molecular formula is C11H16BrN. The highest BCUT2D eigenvalue weighted by Gasteiger charge is 1.98. The molecule has 0 amide bonds. The van der Waals surface area contributed by atoms with Crippen LogP contribution in [0.5, 0.6) is 0 Å². The molecule has 0 N–H and O–H groups in total. The first kappa shape index (κ1) is 10.6. The Kier molecular flexibility index (Phi) is 4.29. The van der Waals surface area contributed by atoms with E-state index in [-0.39, 0.29) is 0 Å². The average Bonchev–Trinajstić information content (AvgIpc) is 2.14. The normalized spacial score (nSPS) is 10.1. The average molecular weight is 242 g/mol. The second-order valence-corrected chi connectivity index (χ2v) is 4.10. The Morgan fingerprint density at radius 3 is 2.77 bits per heavy atom. The molecule has 0 atom stereocenters. The number of hydrogen-bond acceptors (Lipinski definition) is 1. The fourth-order valence-corrected chi connectivity index (χ4v) is 1.54. The molecule has 1 rings (SSSR count). The van der Waals surface area contributed by atoms with E-state index >= 15 is 0 Å². The molecular weight excluding hydrogens is 226 g/mol. The van der Waals surface area contributed by atoms with Crippen molar-refractivity contribution in [1.29, 1.82) is 0 Å². The third kappa shape index (κ3) is 3.39. The number of rotatable bonds is 4. The van der Waals surface area contributed by atoms with E-state index in [9.17, 15) is 0 Å². The number of alkyl halides is 1. The smallest absolute Gasteiger partial charge is 0.0366 e. The standard InChI is InChI=1S/C11H16BrN/c1-10-5-3-6-11(9-10)13(2)8-4-7-12/h3,5-6,9H,4,7-8H2,1-2H3. The molecule has 0 spiro atoms. The van der Waals surface area contributed by atoms with Gasteiger partial charge in [0.05, 0.1) is 0 Å². The molecule has 0 radical (unpaired) electrons. The number of hydrogen-bond donors (Lipinski definition) is 0. The molecule has 0 aliphatic carbocycles. The molecule has 1 aromatic carbocycles. The van der Waals surface area contributed by atoms with Gasteiger partial charge in [-0.25, -0.2) is 0 Å². The van der Waals surface area contributed by atoms with Crippen molar-refractivity contribution in [2.75, 3.05) is 23.8 Å². The van der Waals surface area contributed by atoms with Gasteiger partial charge in [0.1, 0.15) is 0 Å². The summed E-state index contributed by atoms with van der Waals surface area (Å²) in [6.07, 6.45) is 1.18. The van der Waals surface area contributed by atoms with Crippen molar-refractivity contribution in [2.24, 2.45) is 0 Å². The summed E-state index contributed by atoms with van der Waals surface area (Å²) in [7, 11) is 2.14. The van der Waals surface area contributed by atoms with Gasteiger partial charge in [-0.1, -0.05) is 28.1 Å². The van der Waals surface area contributed by atoms with Crippen LogP contribution in [0, 0.1) is 6.92 Å². The summed E-state index contributed by atoms with van der Waals surface area (Å²) in [5.74, 6) is 0. The van der Waals surface area contributed by atoms with Gasteiger partial charge in [-0.05, 0) is 31.0 Å². The molecule has 0 aromatic heterocycles. The molecule has 72 valence electrons. The van der Waals surface area contributed by atoms with E-state index in [4.69, 9.17) is 0 Å². The van der Waals surface area contributed by atoms with Crippen LogP contribution in [0.4, 0.5) is 5.69 Å². The molecule has 0 saturated carbocycles. The summed E-state index contributed by atoms with van der Waals surface area (Å²) in [6.45, 7) is 3.23. The molecule has 0 saturated heterocycles. The molecule has 0 bridgehead atoms. The van der Waals surface area contributed by atoms with Gasteiger partial charge >= 0.3 is 0 Å². The molecule has 0 aliphatic heterocycles. The Labute approximate surface area is 88.9 Å². The molecule has 0 fully saturated rings. The maximum Gasteiger partial charge on any atom is 0.0366 e. The Morgan fingerprint density at radius 2 is 2.15 bits per heavy atom. The SMILES string of the molecule is Cc1cccc(N(C)CCCBr)c1. The topological polar surface area (TPSA) is 3.24 Å². The zero-order valence-corrected chi connectivity index (χ0v) is 9.84. The highest BCUT2D eigenvalue weighted by molar-refractivity contribution is 9.09. The number of halogens is 1. The third-order valence-corrected chi connectivity index (χ3v) is 2.63. The van der Waals surface area contributed by atoms with Crippen molar-refractivity contribution in [3.8, 4) is 0 Å². The highest BCUT2D eigenvalue weighted by Crippen LogP contribution is 2.14. The lowest BCUT2D eigenvalue weighted by Gasteiger charge is -2.18. The van der Waals surface area contributed by atoms with Crippen LogP contribution in [0.3, 0.4) is 0 Å². The fourth-order valence-electron chi connectivity index (χ4n) is 1.29. The number of anilines is 1. The van der Waals surface area contributed by atoms with Crippen LogP contribution in [-0.2, 0) is 0 Å². The predicted molar refractivity (Wildman–Crippen MR) is 62.9 cm³/mol. The van der Waals surface area contributed by atoms with E-state index in [0.29, 0.717) is 0 Å². The lowest BCUT2D eigenvalue weighted by atomic mass is 10.2. The lowest BCUT2D eigenvalue weighted by molar-refractivity contribution is 0.862. The molecule has 0 aliphatic rings. The number of nitrogens with zero attached hydrogens (tertiary/aromatic N) is 1. The number of aryl methyl sites for hydroxylation is 1. The number of benzene rings is 1. The van der Waals surface area contributed by atoms with Gasteiger partial charge in [-0.2, -0.15) is 0 Å². The van der Waals surface area contributed by atoms with Crippen LogP contribution in [0.15, 0.2) is 24.3 Å². The molecule has 0 heterocycles. The second-order valence-electron chi connectivity index (χ2n) is 3.30. The highest BCUT2D eigenvalue weighted by atomic mass is 79.9. The van der Waals surface area contributed by atoms with Gasteiger partial charge in [0.2, 0.25) is 0 Å². The van der Waals surface area contributed by atoms with Gasteiger partial charge in [-0.3, -0.25) is 0 Å². The molecule has 2 heteroatoms. The summed E-state index contributed by atoms with van der Waals surface area (Å²) >= 11 is 3.44. The Bertz CT molecular complexity index is 260. The van der Waals surface area contributed by atoms with Crippen LogP contribution >= 0.6 is 15.9 Å². The zero-order chi connectivity index (χ0) is 9.68. The van der Waals surface area contributed by atoms with Crippen molar-refractivity contribution >= 4 is 21.6 Å². The van der Waals surface area contributed by atoms with Crippen LogP contribution in [0.25, 0.3) is 0 Å². The first-order valence-electron chi connectivity index (χ1n) is 4.58. The van der Waals surface area contributed by atoms with Crippen LogP contribution in [0.1, 0.15) is 12.0 Å². The van der Waals surface area contributed by atoms with E-state index < -0.39 is 0 Å². The van der Waals surface area contributed by atoms with Gasteiger partial charge in [0, 0.05) is 24.6 Å². The van der Waals surface area contributed by atoms with E-state index in [2.05, 4.69) is 59.1 Å². The maximum atomic E-state index is 3.44. The van der Waals surface area contributed by atoms with Crippen molar-refractivity contribution in [2.45, 2.75) is 13.3 Å². The summed E-state index contributed by atoms with van der Waals surface area (Å²) in [4.78, 5) is 2.29. The van der Waals surface area contributed by atoms with E-state index in [1.807, 2.05) is 0 Å². The minimum atomic E-state index is 1.07. The van der Waals surface area contributed by atoms with Crippen molar-refractivity contribution < 1.29 is 0 Å². The summed E-state index contributed by atoms with van der Waals surface area (Å²) in [5.41, 5.74) is 2.63. The van der Waals surface area contributed by atoms with E-state index in [1.165, 1.54) is 17.7 Å². The molecule has 0 unspecified atom stereocenters. The zero-order valence-electron chi connectivity index (χ0n) is 8.26. The predicted octanol–water partition coefficient (Wildman–Crippen LogP) is 3.22. The molecule has 13 heavy (non-hydrogen) atoms. The van der Waals surface area contributed by atoms with Crippen molar-refractivity contribution in [3.05, 3.63) is 29.8 Å². The molecule has 1 aromatic rings. The first-order chi connectivity index (χ1) is 6.24. The van der Waals surface area contributed by atoms with E-state index in [1.54, 1.807) is 0 Å². The van der Waals surface area contributed by atoms with Crippen LogP contribution in [-0.4, -0.2) is 18.9 Å². The Balaban J connectivity index is 2.60. The maximum absolute atomic E-state index is 3.44. The van der Waals surface area contributed by atoms with Crippen molar-refractivity contribution in [1.82, 2.24) is 0 Å². The monoisotopic (exact) mass is 241 g/mol. The Morgan fingerprint density at radius 1 is 1.38 bits per heavy atom. The third-order valence-electron chi connectivity index (χ3n) is 2.07. The quantitative estimate of drug-likeness (QED) is 0.733. The fraction of sp³-hybridized carbons (Fsp3) is 0.455. The minimum absolute atomic E-state index is 1.07. The summed E-state index contributed by atoms with van der Waals surface area (Å²) in [5, 5.41) is 1.07. The largest absolute Gasteiger partial charge is 0.375 e. The van der Waals surface area contributed by atoms with E-state index in [0.717, 1.165) is 11.9 Å². The first-order valence-corrected chi connectivity index (χ1v) is 5.70. The van der Waals surface area contributed by atoms with Gasteiger partial charge < -0.3 is 4.90 Å². The molecule has 1 nitrogen and oxygen atoms in total. The summed E-state index contributed by atoms with van der Waals surface area (Å²) < 4.78 is 0. The van der Waals surface area contributed by atoms with Gasteiger partial charge in [0.25, 0.3) is 0 Å².